The van der Waals surface area contributed by atoms with Gasteiger partial charge in [-0.1, -0.05) is 13.0 Å². The summed E-state index contributed by atoms with van der Waals surface area (Å²) in [5.41, 5.74) is -0.166. The van der Waals surface area contributed by atoms with E-state index < -0.39 is 24.8 Å². The molecule has 3 aromatic rings. The molecule has 2 aliphatic rings. The number of pyridine rings is 1. The van der Waals surface area contributed by atoms with Crippen LogP contribution in [0.5, 0.6) is 0 Å². The fourth-order valence-electron chi connectivity index (χ4n) is 5.18. The van der Waals surface area contributed by atoms with Gasteiger partial charge in [0, 0.05) is 19.1 Å². The largest absolute Gasteiger partial charge is 0.433 e. The van der Waals surface area contributed by atoms with Crippen LogP contribution >= 0.6 is 0 Å². The quantitative estimate of drug-likeness (QED) is 0.537. The molecule has 2 fully saturated rings. The summed E-state index contributed by atoms with van der Waals surface area (Å²) in [5, 5.41) is 7.31. The molecule has 34 heavy (non-hydrogen) atoms. The molecule has 0 unspecified atom stereocenters. The molecule has 12 heteroatoms. The zero-order chi connectivity index (χ0) is 24.1. The average molecular weight is 481 g/mol. The topological polar surface area (TPSA) is 71.8 Å². The molecule has 1 saturated carbocycles. The zero-order valence-corrected chi connectivity index (χ0v) is 18.4. The van der Waals surface area contributed by atoms with Gasteiger partial charge in [-0.25, -0.2) is 28.4 Å². The number of anilines is 2. The second kappa shape index (κ2) is 8.31. The van der Waals surface area contributed by atoms with Crippen molar-refractivity contribution in [3.8, 4) is 0 Å². The number of hydrogen-bond acceptors (Lipinski definition) is 6. The Labute approximate surface area is 192 Å². The van der Waals surface area contributed by atoms with Crippen molar-refractivity contribution in [1.29, 1.82) is 0 Å². The first-order chi connectivity index (χ1) is 16.1. The summed E-state index contributed by atoms with van der Waals surface area (Å²) in [6.45, 7) is 2.90. The van der Waals surface area contributed by atoms with Gasteiger partial charge in [0.15, 0.2) is 5.65 Å². The van der Waals surface area contributed by atoms with Crippen LogP contribution in [0.2, 0.25) is 0 Å². The molecule has 0 radical (unpaired) electrons. The number of nitrogens with zero attached hydrogens (tertiary/aromatic N) is 6. The molecular formula is C22H24F5N7. The number of aromatic nitrogens is 5. The molecule has 0 aromatic carbocycles. The lowest BCUT2D eigenvalue weighted by Crippen LogP contribution is -2.38. The van der Waals surface area contributed by atoms with Gasteiger partial charge in [0.2, 0.25) is 0 Å². The summed E-state index contributed by atoms with van der Waals surface area (Å²) in [6, 6.07) is 4.09. The van der Waals surface area contributed by atoms with Gasteiger partial charge in [0.1, 0.15) is 29.4 Å². The maximum Gasteiger partial charge on any atom is 0.433 e. The predicted molar refractivity (Wildman–Crippen MR) is 116 cm³/mol. The van der Waals surface area contributed by atoms with E-state index in [4.69, 9.17) is 0 Å². The zero-order valence-electron chi connectivity index (χ0n) is 18.4. The number of hydrogen-bond donors (Lipinski definition) is 1. The molecule has 0 bridgehead atoms. The van der Waals surface area contributed by atoms with Gasteiger partial charge in [-0.2, -0.15) is 18.3 Å². The Kier molecular flexibility index (Phi) is 5.56. The van der Waals surface area contributed by atoms with Crippen LogP contribution in [0.1, 0.15) is 31.9 Å². The number of nitrogens with one attached hydrogen (secondary N) is 1. The first-order valence-electron chi connectivity index (χ1n) is 11.1. The SMILES string of the molecule is C[C@]12CC[C@H](Nc3cnc4cnn(CC(F)F)c4n3)C[C@H]1CN(c1cccc(C(F)(F)F)n1)C2. The Bertz CT molecular complexity index is 1180. The van der Waals surface area contributed by atoms with Gasteiger partial charge < -0.3 is 10.2 Å². The fraction of sp³-hybridized carbons (Fsp3) is 0.545. The Morgan fingerprint density at radius 1 is 1.21 bits per heavy atom. The molecule has 3 atom stereocenters. The minimum absolute atomic E-state index is 0.0282. The standard InChI is InChI=1S/C22H24F5N7/c1-21-6-5-14(30-18-9-28-15-8-29-34(11-17(23)24)20(15)32-18)7-13(21)10-33(12-21)19-4-2-3-16(31-19)22(25,26)27/h2-4,8-9,13-14,17H,5-7,10-12H2,1H3,(H,30,32)/t13-,14-,21+/m0/s1. The minimum atomic E-state index is -4.48. The Balaban J connectivity index is 1.29. The van der Waals surface area contributed by atoms with Crippen molar-refractivity contribution in [2.24, 2.45) is 11.3 Å². The second-order valence-electron chi connectivity index (χ2n) is 9.41. The van der Waals surface area contributed by atoms with Gasteiger partial charge in [-0.3, -0.25) is 0 Å². The number of alkyl halides is 5. The average Bonchev–Trinajstić information content (AvgIpc) is 3.33. The van der Waals surface area contributed by atoms with Gasteiger partial charge in [-0.05, 0) is 42.7 Å². The smallest absolute Gasteiger partial charge is 0.366 e. The molecule has 182 valence electrons. The normalized spacial score (nSPS) is 25.2. The fourth-order valence-corrected chi connectivity index (χ4v) is 5.18. The summed E-state index contributed by atoms with van der Waals surface area (Å²) < 4.78 is 66.1. The summed E-state index contributed by atoms with van der Waals surface area (Å²) in [6.07, 6.45) is -1.49. The van der Waals surface area contributed by atoms with E-state index in [1.54, 1.807) is 12.3 Å². The molecule has 3 aromatic heterocycles. The van der Waals surface area contributed by atoms with Crippen molar-refractivity contribution in [2.75, 3.05) is 23.3 Å². The summed E-state index contributed by atoms with van der Waals surface area (Å²) in [4.78, 5) is 14.5. The van der Waals surface area contributed by atoms with Crippen LogP contribution in [-0.4, -0.2) is 50.3 Å². The van der Waals surface area contributed by atoms with Gasteiger partial charge in [0.25, 0.3) is 6.43 Å². The first-order valence-corrected chi connectivity index (χ1v) is 11.1. The molecule has 0 spiro atoms. The third kappa shape index (κ3) is 4.37. The molecule has 5 rings (SSSR count). The molecule has 0 amide bonds. The van der Waals surface area contributed by atoms with Crippen molar-refractivity contribution in [1.82, 2.24) is 24.7 Å². The molecule has 1 aliphatic carbocycles. The summed E-state index contributed by atoms with van der Waals surface area (Å²) >= 11 is 0. The van der Waals surface area contributed by atoms with Crippen LogP contribution < -0.4 is 10.2 Å². The van der Waals surface area contributed by atoms with Gasteiger partial charge >= 0.3 is 6.18 Å². The minimum Gasteiger partial charge on any atom is -0.366 e. The van der Waals surface area contributed by atoms with E-state index >= 15 is 0 Å². The second-order valence-corrected chi connectivity index (χ2v) is 9.41. The maximum absolute atomic E-state index is 13.1. The van der Waals surface area contributed by atoms with E-state index in [0.717, 1.165) is 30.0 Å². The molecular weight excluding hydrogens is 457 g/mol. The maximum atomic E-state index is 13.1. The van der Waals surface area contributed by atoms with E-state index in [9.17, 15) is 22.0 Å². The van der Waals surface area contributed by atoms with Crippen LogP contribution in [-0.2, 0) is 12.7 Å². The van der Waals surface area contributed by atoms with Crippen molar-refractivity contribution in [2.45, 2.75) is 51.4 Å². The summed E-state index contributed by atoms with van der Waals surface area (Å²) in [5.74, 6) is 1.10. The predicted octanol–water partition coefficient (Wildman–Crippen LogP) is 4.61. The van der Waals surface area contributed by atoms with Crippen molar-refractivity contribution in [3.63, 3.8) is 0 Å². The lowest BCUT2D eigenvalue weighted by molar-refractivity contribution is -0.141. The highest BCUT2D eigenvalue weighted by Crippen LogP contribution is 2.48. The molecule has 1 saturated heterocycles. The van der Waals surface area contributed by atoms with E-state index in [1.807, 2.05) is 4.90 Å². The Hall–Kier alpha value is -3.05. The van der Waals surface area contributed by atoms with Crippen LogP contribution in [0, 0.1) is 11.3 Å². The van der Waals surface area contributed by atoms with Crippen LogP contribution in [0.15, 0.2) is 30.6 Å². The number of halogens is 5. The van der Waals surface area contributed by atoms with Crippen molar-refractivity contribution < 1.29 is 22.0 Å². The monoisotopic (exact) mass is 481 g/mol. The van der Waals surface area contributed by atoms with Gasteiger partial charge in [0.05, 0.1) is 12.4 Å². The van der Waals surface area contributed by atoms with Crippen molar-refractivity contribution >= 4 is 22.8 Å². The molecule has 7 nitrogen and oxygen atoms in total. The third-order valence-corrected chi connectivity index (χ3v) is 6.97. The molecule has 4 heterocycles. The van der Waals surface area contributed by atoms with E-state index in [-0.39, 0.29) is 17.4 Å². The number of rotatable bonds is 5. The first kappa shape index (κ1) is 22.7. The molecule has 1 aliphatic heterocycles. The number of fused-ring (bicyclic) bond motifs is 2. The van der Waals surface area contributed by atoms with Crippen LogP contribution in [0.4, 0.5) is 33.6 Å². The Morgan fingerprint density at radius 2 is 2.03 bits per heavy atom. The van der Waals surface area contributed by atoms with E-state index in [2.05, 4.69) is 32.3 Å². The highest BCUT2D eigenvalue weighted by atomic mass is 19.4. The van der Waals surface area contributed by atoms with Crippen LogP contribution in [0.25, 0.3) is 11.2 Å². The lowest BCUT2D eigenvalue weighted by atomic mass is 9.68. The Morgan fingerprint density at radius 3 is 2.79 bits per heavy atom. The highest BCUT2D eigenvalue weighted by molar-refractivity contribution is 5.71. The van der Waals surface area contributed by atoms with Crippen LogP contribution in [0.3, 0.4) is 0 Å². The van der Waals surface area contributed by atoms with Crippen molar-refractivity contribution in [3.05, 3.63) is 36.3 Å². The van der Waals surface area contributed by atoms with E-state index in [0.29, 0.717) is 35.9 Å². The van der Waals surface area contributed by atoms with Gasteiger partial charge in [-0.15, -0.1) is 0 Å². The third-order valence-electron chi connectivity index (χ3n) is 6.97. The molecule has 1 N–H and O–H groups in total. The summed E-state index contributed by atoms with van der Waals surface area (Å²) in [7, 11) is 0. The van der Waals surface area contributed by atoms with E-state index in [1.165, 1.54) is 12.3 Å². The lowest BCUT2D eigenvalue weighted by Gasteiger charge is -2.39. The highest BCUT2D eigenvalue weighted by Gasteiger charge is 2.47.